The number of primary sulfonamides is 1. The van der Waals surface area contributed by atoms with Crippen molar-refractivity contribution in [3.63, 3.8) is 0 Å². The number of hydrogen-bond donors (Lipinski definition) is 3. The van der Waals surface area contributed by atoms with Gasteiger partial charge in [0.25, 0.3) is 0 Å². The lowest BCUT2D eigenvalue weighted by Gasteiger charge is -2.12. The van der Waals surface area contributed by atoms with E-state index in [9.17, 15) is 8.42 Å². The third-order valence-electron chi connectivity index (χ3n) is 3.58. The van der Waals surface area contributed by atoms with Gasteiger partial charge < -0.3 is 15.4 Å². The monoisotopic (exact) mass is 370 g/mol. The largest absolute Gasteiger partial charge is 0.381 e. The van der Waals surface area contributed by atoms with Crippen LogP contribution in [0.4, 0.5) is 0 Å². The van der Waals surface area contributed by atoms with E-state index in [0.29, 0.717) is 6.54 Å². The summed E-state index contributed by atoms with van der Waals surface area (Å²) in [6, 6.07) is 6.59. The zero-order chi connectivity index (χ0) is 18.5. The molecular formula is C17H30N4O3S. The molecule has 1 aromatic rings. The summed E-state index contributed by atoms with van der Waals surface area (Å²) in [4.78, 5) is 4.30. The predicted molar refractivity (Wildman–Crippen MR) is 101 cm³/mol. The van der Waals surface area contributed by atoms with Gasteiger partial charge in [-0.3, -0.25) is 4.99 Å². The summed E-state index contributed by atoms with van der Waals surface area (Å²) in [6.07, 6.45) is 3.94. The molecule has 0 saturated heterocycles. The van der Waals surface area contributed by atoms with E-state index in [1.54, 1.807) is 19.2 Å². The van der Waals surface area contributed by atoms with Gasteiger partial charge in [0.1, 0.15) is 0 Å². The quantitative estimate of drug-likeness (QED) is 0.309. The van der Waals surface area contributed by atoms with E-state index < -0.39 is 10.0 Å². The minimum absolute atomic E-state index is 0.128. The Bertz CT molecular complexity index is 615. The van der Waals surface area contributed by atoms with Crippen molar-refractivity contribution < 1.29 is 13.2 Å². The van der Waals surface area contributed by atoms with Crippen LogP contribution >= 0.6 is 0 Å². The Morgan fingerprint density at radius 2 is 1.76 bits per heavy atom. The summed E-state index contributed by atoms with van der Waals surface area (Å²) in [5.74, 6) is 0.745. The van der Waals surface area contributed by atoms with E-state index in [0.717, 1.165) is 57.0 Å². The third kappa shape index (κ3) is 9.42. The fraction of sp³-hybridized carbons (Fsp3) is 0.588. The lowest BCUT2D eigenvalue weighted by Crippen LogP contribution is -2.39. The van der Waals surface area contributed by atoms with Gasteiger partial charge in [-0.25, -0.2) is 13.6 Å². The molecule has 0 aliphatic carbocycles. The van der Waals surface area contributed by atoms with E-state index in [4.69, 9.17) is 9.88 Å². The van der Waals surface area contributed by atoms with Crippen LogP contribution in [0.1, 0.15) is 31.7 Å². The number of guanidine groups is 1. The third-order valence-corrected chi connectivity index (χ3v) is 4.51. The molecule has 0 unspecified atom stereocenters. The number of nitrogens with zero attached hydrogens (tertiary/aromatic N) is 1. The van der Waals surface area contributed by atoms with Crippen LogP contribution in [0.3, 0.4) is 0 Å². The highest BCUT2D eigenvalue weighted by atomic mass is 32.2. The van der Waals surface area contributed by atoms with Gasteiger partial charge in [0.05, 0.1) is 4.90 Å². The van der Waals surface area contributed by atoms with Crippen LogP contribution in [-0.2, 0) is 21.2 Å². The number of hydrogen-bond acceptors (Lipinski definition) is 4. The molecule has 0 aliphatic rings. The van der Waals surface area contributed by atoms with Gasteiger partial charge in [0.2, 0.25) is 10.0 Å². The molecule has 0 fully saturated rings. The topological polar surface area (TPSA) is 106 Å². The Hall–Kier alpha value is -1.64. The molecule has 0 saturated carbocycles. The standard InChI is InChI=1S/C17H30N4O3S/c1-3-4-13-24-14-5-11-20-17(19-2)21-12-10-15-6-8-16(9-7-15)25(18,22)23/h6-9H,3-5,10-14H2,1-2H3,(H2,18,22,23)(H2,19,20,21). The molecule has 0 radical (unpaired) electrons. The van der Waals surface area contributed by atoms with E-state index in [-0.39, 0.29) is 4.90 Å². The maximum atomic E-state index is 11.2. The van der Waals surface area contributed by atoms with Crippen LogP contribution in [0.5, 0.6) is 0 Å². The molecular weight excluding hydrogens is 340 g/mol. The van der Waals surface area contributed by atoms with Crippen LogP contribution in [0.2, 0.25) is 0 Å². The molecule has 1 aromatic carbocycles. The molecule has 8 heteroatoms. The minimum atomic E-state index is -3.63. The lowest BCUT2D eigenvalue weighted by atomic mass is 10.1. The number of nitrogens with one attached hydrogen (secondary N) is 2. The Morgan fingerprint density at radius 1 is 1.12 bits per heavy atom. The molecule has 0 atom stereocenters. The highest BCUT2D eigenvalue weighted by Crippen LogP contribution is 2.08. The molecule has 25 heavy (non-hydrogen) atoms. The first-order valence-electron chi connectivity index (χ1n) is 8.61. The number of nitrogens with two attached hydrogens (primary N) is 1. The Kier molecular flexibility index (Phi) is 10.1. The molecule has 0 heterocycles. The van der Waals surface area contributed by atoms with Gasteiger partial charge in [-0.05, 0) is 37.0 Å². The smallest absolute Gasteiger partial charge is 0.238 e. The molecule has 0 aromatic heterocycles. The summed E-state index contributed by atoms with van der Waals surface area (Å²) in [5.41, 5.74) is 1.03. The first-order chi connectivity index (χ1) is 12.0. The maximum Gasteiger partial charge on any atom is 0.238 e. The van der Waals surface area contributed by atoms with Gasteiger partial charge in [0.15, 0.2) is 5.96 Å². The zero-order valence-corrected chi connectivity index (χ0v) is 15.9. The number of benzene rings is 1. The van der Waals surface area contributed by atoms with Crippen LogP contribution in [0.25, 0.3) is 0 Å². The molecule has 4 N–H and O–H groups in total. The normalized spacial score (nSPS) is 12.2. The number of sulfonamides is 1. The second kappa shape index (κ2) is 11.8. The van der Waals surface area contributed by atoms with Gasteiger partial charge in [-0.15, -0.1) is 0 Å². The molecule has 0 spiro atoms. The average molecular weight is 371 g/mol. The van der Waals surface area contributed by atoms with Crippen molar-refractivity contribution in [2.75, 3.05) is 33.4 Å². The maximum absolute atomic E-state index is 11.2. The second-order valence-electron chi connectivity index (χ2n) is 5.68. The molecule has 7 nitrogen and oxygen atoms in total. The minimum Gasteiger partial charge on any atom is -0.381 e. The van der Waals surface area contributed by atoms with Crippen molar-refractivity contribution in [1.29, 1.82) is 0 Å². The lowest BCUT2D eigenvalue weighted by molar-refractivity contribution is 0.129. The van der Waals surface area contributed by atoms with Crippen LogP contribution in [0.15, 0.2) is 34.2 Å². The molecule has 1 rings (SSSR count). The van der Waals surface area contributed by atoms with Crippen molar-refractivity contribution >= 4 is 16.0 Å². The van der Waals surface area contributed by atoms with Gasteiger partial charge in [-0.1, -0.05) is 25.5 Å². The molecule has 0 aliphatic heterocycles. The predicted octanol–water partition coefficient (Wildman–Crippen LogP) is 1.25. The summed E-state index contributed by atoms with van der Waals surface area (Å²) < 4.78 is 27.9. The van der Waals surface area contributed by atoms with Gasteiger partial charge >= 0.3 is 0 Å². The van der Waals surface area contributed by atoms with Crippen molar-refractivity contribution in [3.05, 3.63) is 29.8 Å². The first kappa shape index (κ1) is 21.4. The molecule has 142 valence electrons. The SMILES string of the molecule is CCCCOCCCNC(=NC)NCCc1ccc(S(N)(=O)=O)cc1. The van der Waals surface area contributed by atoms with E-state index in [1.807, 2.05) is 0 Å². The average Bonchev–Trinajstić information content (AvgIpc) is 2.59. The summed E-state index contributed by atoms with van der Waals surface area (Å²) >= 11 is 0. The van der Waals surface area contributed by atoms with E-state index >= 15 is 0 Å². The van der Waals surface area contributed by atoms with Crippen molar-refractivity contribution in [2.24, 2.45) is 10.1 Å². The first-order valence-corrected chi connectivity index (χ1v) is 10.2. The van der Waals surface area contributed by atoms with Crippen molar-refractivity contribution in [3.8, 4) is 0 Å². The van der Waals surface area contributed by atoms with Gasteiger partial charge in [0, 0.05) is 33.4 Å². The highest BCUT2D eigenvalue weighted by molar-refractivity contribution is 7.89. The van der Waals surface area contributed by atoms with Gasteiger partial charge in [-0.2, -0.15) is 0 Å². The number of aliphatic imine (C=N–C) groups is 1. The fourth-order valence-electron chi connectivity index (χ4n) is 2.12. The van der Waals surface area contributed by atoms with Crippen LogP contribution < -0.4 is 15.8 Å². The van der Waals surface area contributed by atoms with E-state index in [1.165, 1.54) is 12.1 Å². The van der Waals surface area contributed by atoms with Crippen molar-refractivity contribution in [2.45, 2.75) is 37.5 Å². The highest BCUT2D eigenvalue weighted by Gasteiger charge is 2.06. The fourth-order valence-corrected chi connectivity index (χ4v) is 2.64. The number of rotatable bonds is 11. The molecule has 0 bridgehead atoms. The van der Waals surface area contributed by atoms with E-state index in [2.05, 4.69) is 22.5 Å². The summed E-state index contributed by atoms with van der Waals surface area (Å²) in [5, 5.41) is 11.6. The number of unbranched alkanes of at least 4 members (excludes halogenated alkanes) is 1. The zero-order valence-electron chi connectivity index (χ0n) is 15.1. The Labute approximate surface area is 151 Å². The van der Waals surface area contributed by atoms with Crippen LogP contribution in [-0.4, -0.2) is 47.7 Å². The number of ether oxygens (including phenoxy) is 1. The van der Waals surface area contributed by atoms with Crippen LogP contribution in [0, 0.1) is 0 Å². The Morgan fingerprint density at radius 3 is 2.36 bits per heavy atom. The second-order valence-corrected chi connectivity index (χ2v) is 7.25. The summed E-state index contributed by atoms with van der Waals surface area (Å²) in [6.45, 7) is 5.22. The molecule has 0 amide bonds. The Balaban J connectivity index is 2.22. The van der Waals surface area contributed by atoms with Crippen molar-refractivity contribution in [1.82, 2.24) is 10.6 Å². The summed E-state index contributed by atoms with van der Waals surface area (Å²) in [7, 11) is -1.90.